The van der Waals surface area contributed by atoms with Crippen molar-refractivity contribution in [2.24, 2.45) is 5.92 Å². The number of benzene rings is 1. The van der Waals surface area contributed by atoms with E-state index < -0.39 is 0 Å². The van der Waals surface area contributed by atoms with Crippen molar-refractivity contribution < 1.29 is 0 Å². The highest BCUT2D eigenvalue weighted by Gasteiger charge is 2.26. The number of rotatable bonds is 5. The Morgan fingerprint density at radius 2 is 2.10 bits per heavy atom. The number of fused-ring (bicyclic) bond motifs is 1. The lowest BCUT2D eigenvalue weighted by molar-refractivity contribution is 0.399. The number of para-hydroxylation sites is 1. The summed E-state index contributed by atoms with van der Waals surface area (Å²) in [7, 11) is 0. The average molecular weight is 268 g/mol. The van der Waals surface area contributed by atoms with Gasteiger partial charge < -0.3 is 5.32 Å². The Bertz CT molecular complexity index is 559. The third-order valence-electron chi connectivity index (χ3n) is 4.54. The summed E-state index contributed by atoms with van der Waals surface area (Å²) in [4.78, 5) is 4.47. The SMILES string of the molecule is CCCNC1CCCC1Cc1ccnc2ccccc12. The van der Waals surface area contributed by atoms with Crippen LogP contribution in [0.5, 0.6) is 0 Å². The van der Waals surface area contributed by atoms with Gasteiger partial charge in [0, 0.05) is 17.6 Å². The molecule has 2 unspecified atom stereocenters. The van der Waals surface area contributed by atoms with Crippen LogP contribution < -0.4 is 5.32 Å². The van der Waals surface area contributed by atoms with E-state index >= 15 is 0 Å². The number of aromatic nitrogens is 1. The van der Waals surface area contributed by atoms with Gasteiger partial charge in [-0.25, -0.2) is 0 Å². The molecule has 20 heavy (non-hydrogen) atoms. The first-order valence-corrected chi connectivity index (χ1v) is 7.94. The van der Waals surface area contributed by atoms with Crippen LogP contribution in [0.25, 0.3) is 10.9 Å². The first-order chi connectivity index (χ1) is 9.88. The summed E-state index contributed by atoms with van der Waals surface area (Å²) in [5.41, 5.74) is 2.59. The van der Waals surface area contributed by atoms with Gasteiger partial charge in [-0.2, -0.15) is 0 Å². The van der Waals surface area contributed by atoms with Crippen molar-refractivity contribution in [3.05, 3.63) is 42.1 Å². The van der Waals surface area contributed by atoms with Crippen molar-refractivity contribution in [2.45, 2.75) is 45.1 Å². The molecule has 1 fully saturated rings. The molecule has 0 bridgehead atoms. The number of nitrogens with one attached hydrogen (secondary N) is 1. The van der Waals surface area contributed by atoms with Crippen LogP contribution >= 0.6 is 0 Å². The molecule has 2 heteroatoms. The van der Waals surface area contributed by atoms with Gasteiger partial charge in [-0.1, -0.05) is 31.5 Å². The van der Waals surface area contributed by atoms with E-state index in [9.17, 15) is 0 Å². The van der Waals surface area contributed by atoms with Crippen LogP contribution in [0.4, 0.5) is 0 Å². The summed E-state index contributed by atoms with van der Waals surface area (Å²) >= 11 is 0. The fourth-order valence-electron chi connectivity index (χ4n) is 3.50. The van der Waals surface area contributed by atoms with Gasteiger partial charge in [-0.05, 0) is 55.8 Å². The molecular formula is C18H24N2. The molecule has 1 saturated carbocycles. The zero-order valence-electron chi connectivity index (χ0n) is 12.3. The highest BCUT2D eigenvalue weighted by atomic mass is 14.9. The molecule has 0 radical (unpaired) electrons. The molecule has 1 aromatic heterocycles. The van der Waals surface area contributed by atoms with Gasteiger partial charge in [0.05, 0.1) is 5.52 Å². The predicted molar refractivity (Wildman–Crippen MR) is 84.9 cm³/mol. The van der Waals surface area contributed by atoms with Gasteiger partial charge >= 0.3 is 0 Å². The minimum absolute atomic E-state index is 0.710. The Labute approximate surface area is 121 Å². The Morgan fingerprint density at radius 1 is 1.20 bits per heavy atom. The van der Waals surface area contributed by atoms with Crippen LogP contribution in [0.15, 0.2) is 36.5 Å². The normalized spacial score (nSPS) is 22.4. The maximum absolute atomic E-state index is 4.47. The van der Waals surface area contributed by atoms with Crippen molar-refractivity contribution in [1.29, 1.82) is 0 Å². The lowest BCUT2D eigenvalue weighted by atomic mass is 9.93. The van der Waals surface area contributed by atoms with E-state index in [1.165, 1.54) is 43.1 Å². The zero-order valence-corrected chi connectivity index (χ0v) is 12.3. The van der Waals surface area contributed by atoms with Crippen molar-refractivity contribution in [2.75, 3.05) is 6.54 Å². The summed E-state index contributed by atoms with van der Waals surface area (Å²) in [5.74, 6) is 0.785. The van der Waals surface area contributed by atoms with Crippen molar-refractivity contribution >= 4 is 10.9 Å². The molecule has 3 rings (SSSR count). The highest BCUT2D eigenvalue weighted by molar-refractivity contribution is 5.81. The maximum atomic E-state index is 4.47. The minimum atomic E-state index is 0.710. The first-order valence-electron chi connectivity index (χ1n) is 7.94. The monoisotopic (exact) mass is 268 g/mol. The largest absolute Gasteiger partial charge is 0.314 e. The van der Waals surface area contributed by atoms with Gasteiger partial charge in [0.15, 0.2) is 0 Å². The van der Waals surface area contributed by atoms with Crippen LogP contribution in [-0.2, 0) is 6.42 Å². The molecule has 1 aliphatic rings. The fraction of sp³-hybridized carbons (Fsp3) is 0.500. The molecule has 2 atom stereocenters. The molecule has 1 heterocycles. The van der Waals surface area contributed by atoms with Crippen LogP contribution in [0, 0.1) is 5.92 Å². The summed E-state index contributed by atoms with van der Waals surface area (Å²) in [6.45, 7) is 3.39. The summed E-state index contributed by atoms with van der Waals surface area (Å²) in [5, 5.41) is 5.06. The minimum Gasteiger partial charge on any atom is -0.314 e. The topological polar surface area (TPSA) is 24.9 Å². The zero-order chi connectivity index (χ0) is 13.8. The first kappa shape index (κ1) is 13.6. The summed E-state index contributed by atoms with van der Waals surface area (Å²) in [6, 6.07) is 11.4. The average Bonchev–Trinajstić information content (AvgIpc) is 2.93. The van der Waals surface area contributed by atoms with Gasteiger partial charge in [0.1, 0.15) is 0 Å². The molecule has 0 aliphatic heterocycles. The van der Waals surface area contributed by atoms with Crippen molar-refractivity contribution in [3.8, 4) is 0 Å². The van der Waals surface area contributed by atoms with Gasteiger partial charge in [-0.3, -0.25) is 4.98 Å². The molecule has 2 aromatic rings. The van der Waals surface area contributed by atoms with E-state index in [0.29, 0.717) is 6.04 Å². The van der Waals surface area contributed by atoms with E-state index in [1.807, 2.05) is 6.20 Å². The van der Waals surface area contributed by atoms with Gasteiger partial charge in [0.25, 0.3) is 0 Å². The van der Waals surface area contributed by atoms with Crippen molar-refractivity contribution in [1.82, 2.24) is 10.3 Å². The molecule has 0 spiro atoms. The molecule has 1 aromatic carbocycles. The Kier molecular flexibility index (Phi) is 4.31. The van der Waals surface area contributed by atoms with Gasteiger partial charge in [0.2, 0.25) is 0 Å². The second-order valence-electron chi connectivity index (χ2n) is 5.94. The third kappa shape index (κ3) is 2.85. The lowest BCUT2D eigenvalue weighted by Gasteiger charge is -2.21. The van der Waals surface area contributed by atoms with E-state index in [0.717, 1.165) is 18.0 Å². The number of pyridine rings is 1. The van der Waals surface area contributed by atoms with E-state index in [-0.39, 0.29) is 0 Å². The predicted octanol–water partition coefficient (Wildman–Crippen LogP) is 3.95. The van der Waals surface area contributed by atoms with Crippen LogP contribution in [0.1, 0.15) is 38.2 Å². The van der Waals surface area contributed by atoms with E-state index in [2.05, 4.69) is 47.6 Å². The molecule has 0 amide bonds. The number of hydrogen-bond acceptors (Lipinski definition) is 2. The summed E-state index contributed by atoms with van der Waals surface area (Å²) < 4.78 is 0. The van der Waals surface area contributed by atoms with Crippen molar-refractivity contribution in [3.63, 3.8) is 0 Å². The number of nitrogens with zero attached hydrogens (tertiary/aromatic N) is 1. The summed E-state index contributed by atoms with van der Waals surface area (Å²) in [6.07, 6.45) is 8.44. The Balaban J connectivity index is 1.78. The molecule has 0 saturated heterocycles. The second-order valence-corrected chi connectivity index (χ2v) is 5.94. The fourth-order valence-corrected chi connectivity index (χ4v) is 3.50. The molecule has 106 valence electrons. The molecular weight excluding hydrogens is 244 g/mol. The van der Waals surface area contributed by atoms with Crippen LogP contribution in [0.3, 0.4) is 0 Å². The Hall–Kier alpha value is -1.41. The Morgan fingerprint density at radius 3 is 3.00 bits per heavy atom. The molecule has 1 N–H and O–H groups in total. The quantitative estimate of drug-likeness (QED) is 0.888. The van der Waals surface area contributed by atoms with E-state index in [1.54, 1.807) is 0 Å². The van der Waals surface area contributed by atoms with Gasteiger partial charge in [-0.15, -0.1) is 0 Å². The smallest absolute Gasteiger partial charge is 0.0704 e. The number of hydrogen-bond donors (Lipinski definition) is 1. The molecule has 1 aliphatic carbocycles. The second kappa shape index (κ2) is 6.36. The maximum Gasteiger partial charge on any atom is 0.0704 e. The lowest BCUT2D eigenvalue weighted by Crippen LogP contribution is -2.33. The van der Waals surface area contributed by atoms with Crippen LogP contribution in [-0.4, -0.2) is 17.6 Å². The molecule has 2 nitrogen and oxygen atoms in total. The third-order valence-corrected chi connectivity index (χ3v) is 4.54. The highest BCUT2D eigenvalue weighted by Crippen LogP contribution is 2.30. The standard InChI is InChI=1S/C18H24N2/c1-2-11-19-17-9-5-6-15(17)13-14-10-12-20-18-8-4-3-7-16(14)18/h3-4,7-8,10,12,15,17,19H,2,5-6,9,11,13H2,1H3. The van der Waals surface area contributed by atoms with E-state index in [4.69, 9.17) is 0 Å². The van der Waals surface area contributed by atoms with Crippen LogP contribution in [0.2, 0.25) is 0 Å².